The third-order valence-electron chi connectivity index (χ3n) is 2.86. The van der Waals surface area contributed by atoms with Gasteiger partial charge in [-0.1, -0.05) is 24.3 Å². The summed E-state index contributed by atoms with van der Waals surface area (Å²) in [5.41, 5.74) is 0.958. The van der Waals surface area contributed by atoms with Crippen molar-refractivity contribution in [3.63, 3.8) is 0 Å². The van der Waals surface area contributed by atoms with Crippen LogP contribution < -0.4 is 16.0 Å². The smallest absolute Gasteiger partial charge is 0.319 e. The number of carbonyl (C=O) groups is 2. The van der Waals surface area contributed by atoms with E-state index in [2.05, 4.69) is 16.0 Å². The minimum Gasteiger partial charge on any atom is -0.326 e. The number of urea groups is 1. The predicted molar refractivity (Wildman–Crippen MR) is 83.1 cm³/mol. The van der Waals surface area contributed by atoms with Gasteiger partial charge in [-0.15, -0.1) is 0 Å². The SMILES string of the molecule is C[C@H](NC(=O)Nc1cccc(F)c1)C(=O)Nc1ccccc1. The van der Waals surface area contributed by atoms with Crippen LogP contribution in [0.15, 0.2) is 54.6 Å². The van der Waals surface area contributed by atoms with Crippen molar-refractivity contribution in [2.24, 2.45) is 0 Å². The summed E-state index contributed by atoms with van der Waals surface area (Å²) in [6, 6.07) is 13.1. The quantitative estimate of drug-likeness (QED) is 0.812. The molecule has 0 fully saturated rings. The Morgan fingerprint density at radius 3 is 2.32 bits per heavy atom. The van der Waals surface area contributed by atoms with Gasteiger partial charge >= 0.3 is 6.03 Å². The summed E-state index contributed by atoms with van der Waals surface area (Å²) >= 11 is 0. The highest BCUT2D eigenvalue weighted by atomic mass is 19.1. The van der Waals surface area contributed by atoms with Crippen molar-refractivity contribution in [3.05, 3.63) is 60.4 Å². The van der Waals surface area contributed by atoms with Gasteiger partial charge in [0, 0.05) is 11.4 Å². The van der Waals surface area contributed by atoms with Crippen LogP contribution in [0, 0.1) is 5.82 Å². The second-order valence-electron chi connectivity index (χ2n) is 4.69. The number of rotatable bonds is 4. The number of hydrogen-bond donors (Lipinski definition) is 3. The molecule has 3 N–H and O–H groups in total. The highest BCUT2D eigenvalue weighted by Gasteiger charge is 2.15. The molecule has 0 aliphatic carbocycles. The van der Waals surface area contributed by atoms with Crippen molar-refractivity contribution in [2.45, 2.75) is 13.0 Å². The lowest BCUT2D eigenvalue weighted by Gasteiger charge is -2.14. The first kappa shape index (κ1) is 15.5. The van der Waals surface area contributed by atoms with E-state index in [4.69, 9.17) is 0 Å². The number of benzene rings is 2. The first-order chi connectivity index (χ1) is 10.5. The van der Waals surface area contributed by atoms with Gasteiger partial charge in [0.25, 0.3) is 0 Å². The van der Waals surface area contributed by atoms with E-state index in [9.17, 15) is 14.0 Å². The summed E-state index contributed by atoms with van der Waals surface area (Å²) in [6.45, 7) is 1.56. The highest BCUT2D eigenvalue weighted by molar-refractivity contribution is 5.98. The first-order valence-electron chi connectivity index (χ1n) is 6.73. The zero-order valence-electron chi connectivity index (χ0n) is 12.0. The van der Waals surface area contributed by atoms with E-state index in [1.807, 2.05) is 6.07 Å². The third-order valence-corrected chi connectivity index (χ3v) is 2.86. The molecule has 0 aliphatic rings. The van der Waals surface area contributed by atoms with Gasteiger partial charge < -0.3 is 16.0 Å². The zero-order valence-corrected chi connectivity index (χ0v) is 12.0. The van der Waals surface area contributed by atoms with Crippen molar-refractivity contribution in [3.8, 4) is 0 Å². The van der Waals surface area contributed by atoms with Crippen LogP contribution in [0.2, 0.25) is 0 Å². The molecule has 0 spiro atoms. The fourth-order valence-electron chi connectivity index (χ4n) is 1.77. The molecule has 0 saturated heterocycles. The van der Waals surface area contributed by atoms with E-state index in [0.29, 0.717) is 11.4 Å². The summed E-state index contributed by atoms with van der Waals surface area (Å²) < 4.78 is 13.0. The molecular weight excluding hydrogens is 285 g/mol. The maximum absolute atomic E-state index is 13.0. The molecule has 2 aromatic rings. The van der Waals surface area contributed by atoms with Gasteiger partial charge in [-0.3, -0.25) is 4.79 Å². The molecule has 0 unspecified atom stereocenters. The van der Waals surface area contributed by atoms with Gasteiger partial charge in [-0.25, -0.2) is 9.18 Å². The second-order valence-corrected chi connectivity index (χ2v) is 4.69. The average molecular weight is 301 g/mol. The predicted octanol–water partition coefficient (Wildman–Crippen LogP) is 2.97. The third kappa shape index (κ3) is 4.59. The second kappa shape index (κ2) is 7.21. The standard InChI is InChI=1S/C16H16FN3O2/c1-11(15(21)19-13-7-3-2-4-8-13)18-16(22)20-14-9-5-6-12(17)10-14/h2-11H,1H3,(H,19,21)(H2,18,20,22)/t11-/m0/s1. The van der Waals surface area contributed by atoms with E-state index < -0.39 is 17.9 Å². The highest BCUT2D eigenvalue weighted by Crippen LogP contribution is 2.09. The Balaban J connectivity index is 1.86. The van der Waals surface area contributed by atoms with Gasteiger partial charge in [-0.05, 0) is 37.3 Å². The molecule has 114 valence electrons. The number of carbonyl (C=O) groups excluding carboxylic acids is 2. The van der Waals surface area contributed by atoms with Crippen LogP contribution in [0.25, 0.3) is 0 Å². The van der Waals surface area contributed by atoms with Crippen LogP contribution in [0.4, 0.5) is 20.6 Å². The minimum atomic E-state index is -0.742. The van der Waals surface area contributed by atoms with Crippen molar-refractivity contribution in [2.75, 3.05) is 10.6 Å². The molecule has 0 saturated carbocycles. The zero-order chi connectivity index (χ0) is 15.9. The van der Waals surface area contributed by atoms with Gasteiger partial charge in [-0.2, -0.15) is 0 Å². The number of hydrogen-bond acceptors (Lipinski definition) is 2. The van der Waals surface area contributed by atoms with E-state index in [0.717, 1.165) is 0 Å². The lowest BCUT2D eigenvalue weighted by molar-refractivity contribution is -0.117. The topological polar surface area (TPSA) is 70.2 Å². The van der Waals surface area contributed by atoms with Crippen molar-refractivity contribution >= 4 is 23.3 Å². The van der Waals surface area contributed by atoms with Crippen LogP contribution in [0.1, 0.15) is 6.92 Å². The Bertz CT molecular complexity index is 661. The summed E-state index contributed by atoms with van der Waals surface area (Å²) in [7, 11) is 0. The van der Waals surface area contributed by atoms with Gasteiger partial charge in [0.15, 0.2) is 0 Å². The Hall–Kier alpha value is -2.89. The molecule has 5 nitrogen and oxygen atoms in total. The molecule has 6 heteroatoms. The Labute approximate surface area is 127 Å². The maximum atomic E-state index is 13.0. The van der Waals surface area contributed by atoms with Gasteiger partial charge in [0.1, 0.15) is 11.9 Å². The lowest BCUT2D eigenvalue weighted by Crippen LogP contribution is -2.43. The molecule has 0 aliphatic heterocycles. The van der Waals surface area contributed by atoms with Crippen LogP contribution in [-0.2, 0) is 4.79 Å². The Morgan fingerprint density at radius 1 is 0.955 bits per heavy atom. The van der Waals surface area contributed by atoms with Crippen molar-refractivity contribution < 1.29 is 14.0 Å². The molecule has 1 atom stereocenters. The monoisotopic (exact) mass is 301 g/mol. The number of halogens is 1. The molecule has 2 aromatic carbocycles. The summed E-state index contributed by atoms with van der Waals surface area (Å²) in [4.78, 5) is 23.7. The number of para-hydroxylation sites is 1. The largest absolute Gasteiger partial charge is 0.326 e. The Morgan fingerprint density at radius 2 is 1.64 bits per heavy atom. The number of amides is 3. The van der Waals surface area contributed by atoms with Crippen LogP contribution >= 0.6 is 0 Å². The number of anilines is 2. The summed E-state index contributed by atoms with van der Waals surface area (Å²) in [5, 5.41) is 7.62. The molecule has 0 aromatic heterocycles. The van der Waals surface area contributed by atoms with Gasteiger partial charge in [0.05, 0.1) is 0 Å². The van der Waals surface area contributed by atoms with Crippen molar-refractivity contribution in [1.29, 1.82) is 0 Å². The molecule has 0 bridgehead atoms. The summed E-state index contributed by atoms with van der Waals surface area (Å²) in [6.07, 6.45) is 0. The normalized spacial score (nSPS) is 11.4. The lowest BCUT2D eigenvalue weighted by atomic mass is 10.2. The van der Waals surface area contributed by atoms with E-state index in [-0.39, 0.29) is 5.91 Å². The van der Waals surface area contributed by atoms with E-state index in [1.165, 1.54) is 18.2 Å². The minimum absolute atomic E-state index is 0.313. The van der Waals surface area contributed by atoms with Crippen LogP contribution in [0.3, 0.4) is 0 Å². The molecule has 3 amide bonds. The van der Waals surface area contributed by atoms with Crippen molar-refractivity contribution in [1.82, 2.24) is 5.32 Å². The maximum Gasteiger partial charge on any atom is 0.319 e. The molecule has 0 radical (unpaired) electrons. The molecule has 22 heavy (non-hydrogen) atoms. The number of nitrogens with one attached hydrogen (secondary N) is 3. The van der Waals surface area contributed by atoms with Crippen LogP contribution in [0.5, 0.6) is 0 Å². The van der Waals surface area contributed by atoms with E-state index >= 15 is 0 Å². The Kier molecular flexibility index (Phi) is 5.08. The molecule has 0 heterocycles. The fourth-order valence-corrected chi connectivity index (χ4v) is 1.77. The molecular formula is C16H16FN3O2. The van der Waals surface area contributed by atoms with E-state index in [1.54, 1.807) is 37.3 Å². The fraction of sp³-hybridized carbons (Fsp3) is 0.125. The summed E-state index contributed by atoms with van der Waals surface area (Å²) in [5.74, 6) is -0.798. The first-order valence-corrected chi connectivity index (χ1v) is 6.73. The van der Waals surface area contributed by atoms with Crippen LogP contribution in [-0.4, -0.2) is 18.0 Å². The average Bonchev–Trinajstić information content (AvgIpc) is 2.48. The molecule has 2 rings (SSSR count). The van der Waals surface area contributed by atoms with Gasteiger partial charge in [0.2, 0.25) is 5.91 Å².